The number of nitrogens with one attached hydrogen (secondary N) is 1. The van der Waals surface area contributed by atoms with Gasteiger partial charge < -0.3 is 23.4 Å². The van der Waals surface area contributed by atoms with Crippen molar-refractivity contribution in [2.24, 2.45) is 0 Å². The van der Waals surface area contributed by atoms with E-state index in [0.29, 0.717) is 0 Å². The quantitative estimate of drug-likeness (QED) is 0.408. The lowest BCUT2D eigenvalue weighted by Crippen LogP contribution is -2.36. The van der Waals surface area contributed by atoms with Crippen LogP contribution >= 0.6 is 0 Å². The zero-order valence-electron chi connectivity index (χ0n) is 18.9. The summed E-state index contributed by atoms with van der Waals surface area (Å²) in [5.74, 6) is 1.84. The largest absolute Gasteiger partial charge is 0.493 e. The molecule has 0 saturated carbocycles. The van der Waals surface area contributed by atoms with Gasteiger partial charge >= 0.3 is 0 Å². The Hall–Kier alpha value is -2.24. The minimum Gasteiger partial charge on any atom is -0.493 e. The third kappa shape index (κ3) is 6.38. The van der Waals surface area contributed by atoms with Gasteiger partial charge in [0.05, 0.1) is 79.6 Å². The molecule has 2 aromatic carbocycles. The Bertz CT molecular complexity index is 872. The van der Waals surface area contributed by atoms with Crippen LogP contribution < -0.4 is 9.47 Å². The molecule has 158 valence electrons. The van der Waals surface area contributed by atoms with Gasteiger partial charge in [-0.1, -0.05) is 0 Å². The molecule has 3 aromatic rings. The first-order valence-corrected chi connectivity index (χ1v) is 10.5. The average Bonchev–Trinajstić information content (AvgIpc) is 2.97. The summed E-state index contributed by atoms with van der Waals surface area (Å²) in [4.78, 5) is 3.52. The molecule has 3 rings (SSSR count). The predicted octanol–water partition coefficient (Wildman–Crippen LogP) is 4.27. The van der Waals surface area contributed by atoms with Crippen LogP contribution in [0.5, 0.6) is 11.5 Å². The lowest BCUT2D eigenvalue weighted by Gasteiger charge is -2.23. The number of rotatable bonds is 10. The van der Waals surface area contributed by atoms with Crippen molar-refractivity contribution in [3.63, 3.8) is 0 Å². The van der Waals surface area contributed by atoms with Gasteiger partial charge in [0.1, 0.15) is 11.5 Å². The summed E-state index contributed by atoms with van der Waals surface area (Å²) in [6.45, 7) is 3.69. The number of H-pyrrole nitrogens is 1. The zero-order chi connectivity index (χ0) is 21.1. The Kier molecular flexibility index (Phi) is 6.39. The summed E-state index contributed by atoms with van der Waals surface area (Å²) < 4.78 is 13.9. The second-order valence-corrected chi connectivity index (χ2v) is 9.97. The maximum Gasteiger partial charge on any atom is 0.121 e. The van der Waals surface area contributed by atoms with Crippen molar-refractivity contribution in [2.75, 3.05) is 68.6 Å². The predicted molar refractivity (Wildman–Crippen MR) is 122 cm³/mol. The fraction of sp³-hybridized carbons (Fsp3) is 0.500. The van der Waals surface area contributed by atoms with Crippen LogP contribution in [0.3, 0.4) is 0 Å². The van der Waals surface area contributed by atoms with E-state index in [1.807, 2.05) is 0 Å². The fourth-order valence-corrected chi connectivity index (χ4v) is 3.51. The van der Waals surface area contributed by atoms with Gasteiger partial charge in [-0.2, -0.15) is 0 Å². The molecule has 0 fully saturated rings. The van der Waals surface area contributed by atoms with E-state index >= 15 is 0 Å². The van der Waals surface area contributed by atoms with Gasteiger partial charge in [-0.3, -0.25) is 0 Å². The number of nitrogens with zero attached hydrogens (tertiary/aromatic N) is 2. The Morgan fingerprint density at radius 1 is 0.655 bits per heavy atom. The molecule has 0 aliphatic carbocycles. The molecule has 1 aromatic heterocycles. The van der Waals surface area contributed by atoms with Crippen LogP contribution in [0.4, 0.5) is 0 Å². The lowest BCUT2D eigenvalue weighted by molar-refractivity contribution is -0.870. The molecule has 1 N–H and O–H groups in total. The molecule has 0 bridgehead atoms. The Morgan fingerprint density at radius 3 is 1.45 bits per heavy atom. The van der Waals surface area contributed by atoms with E-state index in [-0.39, 0.29) is 0 Å². The van der Waals surface area contributed by atoms with E-state index in [4.69, 9.17) is 9.47 Å². The molecule has 5 nitrogen and oxygen atoms in total. The minimum absolute atomic E-state index is 0.743. The monoisotopic (exact) mass is 399 g/mol. The SMILES string of the molecule is C[N+](C)(C)CCCOc1ccc2c(c1)[nH]c1cc(OCCC[N+](C)(C)C)ccc12. The molecular formula is C24H37N3O2+2. The van der Waals surface area contributed by atoms with Crippen LogP contribution in [0.2, 0.25) is 0 Å². The van der Waals surface area contributed by atoms with E-state index in [0.717, 1.165) is 70.6 Å². The summed E-state index contributed by atoms with van der Waals surface area (Å²) in [6, 6.07) is 12.6. The highest BCUT2D eigenvalue weighted by Crippen LogP contribution is 2.30. The zero-order valence-corrected chi connectivity index (χ0v) is 18.9. The highest BCUT2D eigenvalue weighted by atomic mass is 16.5. The molecule has 0 radical (unpaired) electrons. The Morgan fingerprint density at radius 2 is 1.07 bits per heavy atom. The third-order valence-electron chi connectivity index (χ3n) is 5.03. The second kappa shape index (κ2) is 8.64. The maximum atomic E-state index is 5.97. The number of ether oxygens (including phenoxy) is 2. The van der Waals surface area contributed by atoms with Crippen molar-refractivity contribution in [3.05, 3.63) is 36.4 Å². The number of fused-ring (bicyclic) bond motifs is 3. The standard InChI is InChI=1S/C24H37N3O2/c1-26(2,3)13-7-15-28-19-9-11-21-22-12-10-20(18-24(22)25-23(21)17-19)29-16-8-14-27(4,5)6/h9-12,17-18,25H,7-8,13-16H2,1-6H3/q+2. The van der Waals surface area contributed by atoms with Gasteiger partial charge in [0.25, 0.3) is 0 Å². The summed E-state index contributed by atoms with van der Waals surface area (Å²) in [7, 11) is 13.2. The van der Waals surface area contributed by atoms with Crippen LogP contribution in [0.1, 0.15) is 12.8 Å². The van der Waals surface area contributed by atoms with Crippen LogP contribution in [0.15, 0.2) is 36.4 Å². The molecule has 0 amide bonds. The number of aromatic nitrogens is 1. The number of hydrogen-bond donors (Lipinski definition) is 1. The summed E-state index contributed by atoms with van der Waals surface area (Å²) in [6.07, 6.45) is 2.09. The molecule has 0 unspecified atom stereocenters. The number of benzene rings is 2. The van der Waals surface area contributed by atoms with Gasteiger partial charge in [0, 0.05) is 35.7 Å². The molecule has 0 saturated heterocycles. The first kappa shape index (κ1) is 21.5. The molecule has 29 heavy (non-hydrogen) atoms. The number of aromatic amines is 1. The van der Waals surface area contributed by atoms with Crippen molar-refractivity contribution < 1.29 is 18.4 Å². The van der Waals surface area contributed by atoms with E-state index in [9.17, 15) is 0 Å². The van der Waals surface area contributed by atoms with Crippen molar-refractivity contribution >= 4 is 21.8 Å². The summed E-state index contributed by atoms with van der Waals surface area (Å²) in [5.41, 5.74) is 2.21. The smallest absolute Gasteiger partial charge is 0.121 e. The lowest BCUT2D eigenvalue weighted by atomic mass is 10.1. The highest BCUT2D eigenvalue weighted by molar-refractivity contribution is 6.07. The molecule has 0 spiro atoms. The molecule has 0 aliphatic rings. The topological polar surface area (TPSA) is 34.2 Å². The number of quaternary nitrogens is 2. The Balaban J connectivity index is 1.64. The first-order chi connectivity index (χ1) is 13.6. The molecule has 1 heterocycles. The van der Waals surface area contributed by atoms with Gasteiger partial charge in [-0.15, -0.1) is 0 Å². The van der Waals surface area contributed by atoms with Crippen molar-refractivity contribution in [1.82, 2.24) is 4.98 Å². The minimum atomic E-state index is 0.743. The van der Waals surface area contributed by atoms with E-state index in [1.165, 1.54) is 10.8 Å². The molecule has 0 aliphatic heterocycles. The fourth-order valence-electron chi connectivity index (χ4n) is 3.51. The summed E-state index contributed by atoms with van der Waals surface area (Å²) >= 11 is 0. The van der Waals surface area contributed by atoms with E-state index < -0.39 is 0 Å². The average molecular weight is 400 g/mol. The van der Waals surface area contributed by atoms with E-state index in [1.54, 1.807) is 0 Å². The molecule has 0 atom stereocenters. The highest BCUT2D eigenvalue weighted by Gasteiger charge is 2.10. The van der Waals surface area contributed by atoms with Crippen LogP contribution in [-0.2, 0) is 0 Å². The molecular weight excluding hydrogens is 362 g/mol. The van der Waals surface area contributed by atoms with Crippen LogP contribution in [0, 0.1) is 0 Å². The van der Waals surface area contributed by atoms with E-state index in [2.05, 4.69) is 83.7 Å². The van der Waals surface area contributed by atoms with Gasteiger partial charge in [0.2, 0.25) is 0 Å². The first-order valence-electron chi connectivity index (χ1n) is 10.5. The molecule has 5 heteroatoms. The van der Waals surface area contributed by atoms with Gasteiger partial charge in [-0.05, 0) is 24.3 Å². The Labute approximate surface area is 175 Å². The van der Waals surface area contributed by atoms with Crippen LogP contribution in [0.25, 0.3) is 21.8 Å². The van der Waals surface area contributed by atoms with Crippen molar-refractivity contribution in [1.29, 1.82) is 0 Å². The van der Waals surface area contributed by atoms with Crippen molar-refractivity contribution in [2.45, 2.75) is 12.8 Å². The van der Waals surface area contributed by atoms with Gasteiger partial charge in [0.15, 0.2) is 0 Å². The normalized spacial score (nSPS) is 12.6. The third-order valence-corrected chi connectivity index (χ3v) is 5.03. The summed E-state index contributed by atoms with van der Waals surface area (Å²) in [5, 5.41) is 2.44. The van der Waals surface area contributed by atoms with Crippen molar-refractivity contribution in [3.8, 4) is 11.5 Å². The second-order valence-electron chi connectivity index (χ2n) is 9.97. The number of hydrogen-bond acceptors (Lipinski definition) is 2. The van der Waals surface area contributed by atoms with Crippen LogP contribution in [-0.4, -0.2) is 82.5 Å². The maximum absolute atomic E-state index is 5.97. The van der Waals surface area contributed by atoms with Gasteiger partial charge in [-0.25, -0.2) is 0 Å².